The molecule has 9 heteroatoms. The minimum absolute atomic E-state index is 0.0243. The number of carbonyl (C=O) groups excluding carboxylic acids is 2. The Morgan fingerprint density at radius 1 is 1.42 bits per heavy atom. The second kappa shape index (κ2) is 5.89. The number of halogens is 3. The Hall–Kier alpha value is -1.80. The topological polar surface area (TPSA) is 86.7 Å². The highest BCUT2D eigenvalue weighted by molar-refractivity contribution is 5.86. The number of likely N-dealkylation sites (tertiary alicyclic amines) is 1. The molecule has 1 aliphatic heterocycles. The average molecular weight is 282 g/mol. The van der Waals surface area contributed by atoms with E-state index in [1.807, 2.05) is 0 Å². The molecule has 1 rings (SSSR count). The molecule has 2 amide bonds. The standard InChI is InChI=1S/C10H13F3N2O4/c11-10(12,13)5-14-7(16)4-15-3-6(9(18)19)1-2-8(15)17/h6H,1-5H2,(H,14,16)(H,18,19). The molecule has 1 aliphatic rings. The maximum Gasteiger partial charge on any atom is 0.405 e. The minimum atomic E-state index is -4.52. The number of rotatable bonds is 4. The van der Waals surface area contributed by atoms with Crippen LogP contribution in [-0.2, 0) is 14.4 Å². The van der Waals surface area contributed by atoms with Gasteiger partial charge in [0, 0.05) is 13.0 Å². The zero-order valence-corrected chi connectivity index (χ0v) is 9.87. The van der Waals surface area contributed by atoms with Crippen LogP contribution >= 0.6 is 0 Å². The maximum absolute atomic E-state index is 11.9. The maximum atomic E-state index is 11.9. The van der Waals surface area contributed by atoms with Gasteiger partial charge in [-0.3, -0.25) is 14.4 Å². The zero-order valence-electron chi connectivity index (χ0n) is 9.87. The molecular formula is C10H13F3N2O4. The molecule has 0 radical (unpaired) electrons. The first-order chi connectivity index (χ1) is 8.69. The van der Waals surface area contributed by atoms with Crippen LogP contribution in [0.3, 0.4) is 0 Å². The molecule has 1 unspecified atom stereocenters. The summed E-state index contributed by atoms with van der Waals surface area (Å²) >= 11 is 0. The van der Waals surface area contributed by atoms with Gasteiger partial charge in [-0.05, 0) is 6.42 Å². The van der Waals surface area contributed by atoms with E-state index in [0.29, 0.717) is 0 Å². The SMILES string of the molecule is O=C(CN1CC(C(=O)O)CCC1=O)NCC(F)(F)F. The van der Waals surface area contributed by atoms with Crippen LogP contribution in [-0.4, -0.2) is 53.6 Å². The summed E-state index contributed by atoms with van der Waals surface area (Å²) in [5.74, 6) is -3.27. The van der Waals surface area contributed by atoms with E-state index >= 15 is 0 Å². The molecule has 6 nitrogen and oxygen atoms in total. The summed E-state index contributed by atoms with van der Waals surface area (Å²) in [6.07, 6.45) is -4.37. The van der Waals surface area contributed by atoms with Crippen LogP contribution in [0.25, 0.3) is 0 Å². The summed E-state index contributed by atoms with van der Waals surface area (Å²) in [6.45, 7) is -2.19. The van der Waals surface area contributed by atoms with Gasteiger partial charge < -0.3 is 15.3 Å². The lowest BCUT2D eigenvalue weighted by Gasteiger charge is -2.30. The predicted molar refractivity (Wildman–Crippen MR) is 56.0 cm³/mol. The number of nitrogens with one attached hydrogen (secondary N) is 1. The summed E-state index contributed by atoms with van der Waals surface area (Å²) in [6, 6.07) is 0. The van der Waals surface area contributed by atoms with Crippen LogP contribution in [0.2, 0.25) is 0 Å². The molecule has 1 fully saturated rings. The Morgan fingerprint density at radius 3 is 2.58 bits per heavy atom. The van der Waals surface area contributed by atoms with E-state index in [-0.39, 0.29) is 19.4 Å². The summed E-state index contributed by atoms with van der Waals surface area (Å²) in [4.78, 5) is 34.4. The van der Waals surface area contributed by atoms with Gasteiger partial charge in [0.15, 0.2) is 0 Å². The van der Waals surface area contributed by atoms with Gasteiger partial charge in [-0.2, -0.15) is 13.2 Å². The number of nitrogens with zero attached hydrogens (tertiary/aromatic N) is 1. The van der Waals surface area contributed by atoms with Gasteiger partial charge in [-0.1, -0.05) is 0 Å². The first kappa shape index (κ1) is 15.3. The van der Waals surface area contributed by atoms with Gasteiger partial charge in [0.1, 0.15) is 6.54 Å². The monoisotopic (exact) mass is 282 g/mol. The number of hydrogen-bond donors (Lipinski definition) is 2. The predicted octanol–water partition coefficient (Wildman–Crippen LogP) is -0.0119. The zero-order chi connectivity index (χ0) is 14.6. The lowest BCUT2D eigenvalue weighted by atomic mass is 9.98. The van der Waals surface area contributed by atoms with Gasteiger partial charge in [0.05, 0.1) is 12.5 Å². The van der Waals surface area contributed by atoms with E-state index in [1.165, 1.54) is 0 Å². The second-order valence-corrected chi connectivity index (χ2v) is 4.24. The molecule has 0 aromatic carbocycles. The number of aliphatic carboxylic acids is 1. The number of amides is 2. The van der Waals surface area contributed by atoms with Gasteiger partial charge in [-0.25, -0.2) is 0 Å². The van der Waals surface area contributed by atoms with Crippen LogP contribution in [0.15, 0.2) is 0 Å². The number of carbonyl (C=O) groups is 3. The fourth-order valence-electron chi connectivity index (χ4n) is 1.70. The van der Waals surface area contributed by atoms with E-state index in [0.717, 1.165) is 4.90 Å². The highest BCUT2D eigenvalue weighted by Gasteiger charge is 2.32. The third-order valence-electron chi connectivity index (χ3n) is 2.67. The lowest BCUT2D eigenvalue weighted by molar-refractivity contribution is -0.149. The molecule has 0 spiro atoms. The van der Waals surface area contributed by atoms with E-state index in [2.05, 4.69) is 0 Å². The van der Waals surface area contributed by atoms with Gasteiger partial charge in [0.25, 0.3) is 0 Å². The summed E-state index contributed by atoms with van der Waals surface area (Å²) in [5.41, 5.74) is 0. The largest absolute Gasteiger partial charge is 0.481 e. The van der Waals surface area contributed by atoms with Gasteiger partial charge >= 0.3 is 12.1 Å². The Kier molecular flexibility index (Phi) is 4.73. The normalized spacial score (nSPS) is 20.3. The summed E-state index contributed by atoms with van der Waals surface area (Å²) < 4.78 is 35.6. The Labute approximate surface area is 106 Å². The Bertz CT molecular complexity index is 383. The molecule has 19 heavy (non-hydrogen) atoms. The van der Waals surface area contributed by atoms with E-state index in [4.69, 9.17) is 5.11 Å². The van der Waals surface area contributed by atoms with Crippen molar-refractivity contribution in [3.8, 4) is 0 Å². The van der Waals surface area contributed by atoms with E-state index in [1.54, 1.807) is 5.32 Å². The number of carboxylic acid groups (broad SMARTS) is 1. The smallest absolute Gasteiger partial charge is 0.405 e. The van der Waals surface area contributed by atoms with Crippen molar-refractivity contribution in [2.75, 3.05) is 19.6 Å². The average Bonchev–Trinajstić information content (AvgIpc) is 2.28. The van der Waals surface area contributed by atoms with Crippen molar-refractivity contribution >= 4 is 17.8 Å². The molecule has 1 saturated heterocycles. The lowest BCUT2D eigenvalue weighted by Crippen LogP contribution is -2.48. The molecule has 2 N–H and O–H groups in total. The minimum Gasteiger partial charge on any atom is -0.481 e. The van der Waals surface area contributed by atoms with Crippen LogP contribution in [0.4, 0.5) is 13.2 Å². The molecular weight excluding hydrogens is 269 g/mol. The van der Waals surface area contributed by atoms with Crippen molar-refractivity contribution in [3.63, 3.8) is 0 Å². The number of carboxylic acids is 1. The molecule has 108 valence electrons. The molecule has 1 atom stereocenters. The third kappa shape index (κ3) is 5.14. The van der Waals surface area contributed by atoms with Crippen LogP contribution in [0.1, 0.15) is 12.8 Å². The Morgan fingerprint density at radius 2 is 2.05 bits per heavy atom. The number of hydrogen-bond acceptors (Lipinski definition) is 3. The third-order valence-corrected chi connectivity index (χ3v) is 2.67. The molecule has 0 aromatic rings. The van der Waals surface area contributed by atoms with Crippen molar-refractivity contribution in [1.29, 1.82) is 0 Å². The van der Waals surface area contributed by atoms with Crippen molar-refractivity contribution in [2.24, 2.45) is 5.92 Å². The molecule has 0 bridgehead atoms. The Balaban J connectivity index is 2.47. The van der Waals surface area contributed by atoms with Gasteiger partial charge in [0.2, 0.25) is 11.8 Å². The van der Waals surface area contributed by atoms with Crippen molar-refractivity contribution in [3.05, 3.63) is 0 Å². The van der Waals surface area contributed by atoms with Crippen LogP contribution < -0.4 is 5.32 Å². The van der Waals surface area contributed by atoms with E-state index in [9.17, 15) is 27.6 Å². The molecule has 0 saturated carbocycles. The van der Waals surface area contributed by atoms with Crippen molar-refractivity contribution in [1.82, 2.24) is 10.2 Å². The van der Waals surface area contributed by atoms with Crippen molar-refractivity contribution in [2.45, 2.75) is 19.0 Å². The first-order valence-electron chi connectivity index (χ1n) is 5.53. The second-order valence-electron chi connectivity index (χ2n) is 4.24. The highest BCUT2D eigenvalue weighted by Crippen LogP contribution is 2.17. The first-order valence-corrected chi connectivity index (χ1v) is 5.53. The summed E-state index contributed by atoms with van der Waals surface area (Å²) in [7, 11) is 0. The van der Waals surface area contributed by atoms with Gasteiger partial charge in [-0.15, -0.1) is 0 Å². The number of alkyl halides is 3. The highest BCUT2D eigenvalue weighted by atomic mass is 19.4. The fraction of sp³-hybridized carbons (Fsp3) is 0.700. The molecule has 0 aliphatic carbocycles. The van der Waals surface area contributed by atoms with E-state index < -0.39 is 43.0 Å². The number of piperidine rings is 1. The summed E-state index contributed by atoms with van der Waals surface area (Å²) in [5, 5.41) is 10.4. The van der Waals surface area contributed by atoms with Crippen LogP contribution in [0, 0.1) is 5.92 Å². The molecule has 0 aromatic heterocycles. The molecule has 1 heterocycles. The van der Waals surface area contributed by atoms with Crippen molar-refractivity contribution < 1.29 is 32.7 Å². The quantitative estimate of drug-likeness (QED) is 0.759. The van der Waals surface area contributed by atoms with Crippen LogP contribution in [0.5, 0.6) is 0 Å². The fourth-order valence-corrected chi connectivity index (χ4v) is 1.70.